The molecule has 2 rings (SSSR count). The van der Waals surface area contributed by atoms with Crippen molar-refractivity contribution in [3.63, 3.8) is 0 Å². The van der Waals surface area contributed by atoms with Crippen molar-refractivity contribution in [3.05, 3.63) is 34.1 Å². The average molecular weight is 185 g/mol. The molecule has 0 spiro atoms. The van der Waals surface area contributed by atoms with E-state index in [0.717, 1.165) is 24.0 Å². The largest absolute Gasteiger partial charge is 0.207 e. The Labute approximate surface area is 76.4 Å². The summed E-state index contributed by atoms with van der Waals surface area (Å²) in [6.45, 7) is 2.16. The van der Waals surface area contributed by atoms with Crippen LogP contribution in [-0.4, -0.2) is 0 Å². The van der Waals surface area contributed by atoms with Gasteiger partial charge in [-0.25, -0.2) is 4.39 Å². The van der Waals surface area contributed by atoms with Crippen LogP contribution in [0, 0.1) is 11.7 Å². The molecule has 0 bridgehead atoms. The van der Waals surface area contributed by atoms with Gasteiger partial charge in [-0.05, 0) is 42.0 Å². The number of benzene rings is 1. The molecule has 0 aromatic heterocycles. The molecule has 0 fully saturated rings. The van der Waals surface area contributed by atoms with E-state index in [1.807, 2.05) is 0 Å². The summed E-state index contributed by atoms with van der Waals surface area (Å²) in [6, 6.07) is 3.00. The van der Waals surface area contributed by atoms with Gasteiger partial charge in [-0.2, -0.15) is 0 Å². The quantitative estimate of drug-likeness (QED) is 0.581. The third-order valence-electron chi connectivity index (χ3n) is 2.37. The Morgan fingerprint density at radius 2 is 2.17 bits per heavy atom. The van der Waals surface area contributed by atoms with Gasteiger partial charge in [0, 0.05) is 5.02 Å². The van der Waals surface area contributed by atoms with Crippen LogP contribution in [0.3, 0.4) is 0 Å². The average Bonchev–Trinajstić information content (AvgIpc) is 2.29. The summed E-state index contributed by atoms with van der Waals surface area (Å²) < 4.78 is 12.9. The van der Waals surface area contributed by atoms with E-state index in [0.29, 0.717) is 10.9 Å². The molecule has 12 heavy (non-hydrogen) atoms. The predicted molar refractivity (Wildman–Crippen MR) is 48.0 cm³/mol. The SMILES string of the molecule is CC1Cc2cc(F)cc(Cl)c2C1. The highest BCUT2D eigenvalue weighted by atomic mass is 35.5. The lowest BCUT2D eigenvalue weighted by molar-refractivity contribution is 0.618. The van der Waals surface area contributed by atoms with Crippen LogP contribution >= 0.6 is 11.6 Å². The lowest BCUT2D eigenvalue weighted by Gasteiger charge is -2.00. The first-order chi connectivity index (χ1) is 5.66. The molecule has 1 aromatic carbocycles. The molecule has 0 amide bonds. The Kier molecular flexibility index (Phi) is 1.84. The van der Waals surface area contributed by atoms with Gasteiger partial charge in [-0.3, -0.25) is 0 Å². The third kappa shape index (κ3) is 1.22. The zero-order chi connectivity index (χ0) is 8.72. The highest BCUT2D eigenvalue weighted by molar-refractivity contribution is 6.31. The van der Waals surface area contributed by atoms with E-state index in [4.69, 9.17) is 11.6 Å². The van der Waals surface area contributed by atoms with E-state index < -0.39 is 0 Å². The highest BCUT2D eigenvalue weighted by Crippen LogP contribution is 2.32. The molecular formula is C10H10ClF. The van der Waals surface area contributed by atoms with E-state index in [9.17, 15) is 4.39 Å². The zero-order valence-corrected chi connectivity index (χ0v) is 7.66. The fourth-order valence-electron chi connectivity index (χ4n) is 1.86. The molecule has 0 aliphatic heterocycles. The summed E-state index contributed by atoms with van der Waals surface area (Å²) in [6.07, 6.45) is 1.96. The van der Waals surface area contributed by atoms with Crippen LogP contribution in [-0.2, 0) is 12.8 Å². The third-order valence-corrected chi connectivity index (χ3v) is 2.71. The molecule has 0 heterocycles. The zero-order valence-electron chi connectivity index (χ0n) is 6.90. The molecular weight excluding hydrogens is 175 g/mol. The lowest BCUT2D eigenvalue weighted by Crippen LogP contribution is -1.89. The van der Waals surface area contributed by atoms with Crippen molar-refractivity contribution in [3.8, 4) is 0 Å². The monoisotopic (exact) mass is 184 g/mol. The first-order valence-electron chi connectivity index (χ1n) is 4.13. The molecule has 0 N–H and O–H groups in total. The van der Waals surface area contributed by atoms with Gasteiger partial charge < -0.3 is 0 Å². The van der Waals surface area contributed by atoms with Crippen LogP contribution in [0.4, 0.5) is 4.39 Å². The number of fused-ring (bicyclic) bond motifs is 1. The standard InChI is InChI=1S/C10H10ClF/c1-6-2-7-4-8(12)5-10(11)9(7)3-6/h4-6H,2-3H2,1H3. The first kappa shape index (κ1) is 8.06. The van der Waals surface area contributed by atoms with Crippen molar-refractivity contribution in [1.82, 2.24) is 0 Å². The fourth-order valence-corrected chi connectivity index (χ4v) is 2.17. The van der Waals surface area contributed by atoms with Gasteiger partial charge in [0.05, 0.1) is 0 Å². The molecule has 1 atom stereocenters. The van der Waals surface area contributed by atoms with E-state index in [2.05, 4.69) is 6.92 Å². The Bertz CT molecular complexity index is 320. The number of hydrogen-bond donors (Lipinski definition) is 0. The summed E-state index contributed by atoms with van der Waals surface area (Å²) in [7, 11) is 0. The van der Waals surface area contributed by atoms with Gasteiger partial charge in [-0.1, -0.05) is 18.5 Å². The van der Waals surface area contributed by atoms with E-state index >= 15 is 0 Å². The van der Waals surface area contributed by atoms with Crippen LogP contribution in [0.25, 0.3) is 0 Å². The summed E-state index contributed by atoms with van der Waals surface area (Å²) in [5.41, 5.74) is 2.23. The smallest absolute Gasteiger partial charge is 0.124 e. The van der Waals surface area contributed by atoms with Crippen LogP contribution in [0.2, 0.25) is 5.02 Å². The van der Waals surface area contributed by atoms with Gasteiger partial charge in [0.2, 0.25) is 0 Å². The minimum absolute atomic E-state index is 0.215. The Morgan fingerprint density at radius 3 is 2.92 bits per heavy atom. The molecule has 64 valence electrons. The summed E-state index contributed by atoms with van der Waals surface area (Å²) in [4.78, 5) is 0. The van der Waals surface area contributed by atoms with Crippen LogP contribution < -0.4 is 0 Å². The fraction of sp³-hybridized carbons (Fsp3) is 0.400. The van der Waals surface area contributed by atoms with Gasteiger partial charge in [0.25, 0.3) is 0 Å². The first-order valence-corrected chi connectivity index (χ1v) is 4.51. The van der Waals surface area contributed by atoms with Gasteiger partial charge in [-0.15, -0.1) is 0 Å². The lowest BCUT2D eigenvalue weighted by atomic mass is 10.1. The maximum atomic E-state index is 12.9. The maximum absolute atomic E-state index is 12.9. The molecule has 0 nitrogen and oxygen atoms in total. The van der Waals surface area contributed by atoms with Crippen LogP contribution in [0.5, 0.6) is 0 Å². The second-order valence-electron chi connectivity index (χ2n) is 3.54. The second kappa shape index (κ2) is 2.74. The van der Waals surface area contributed by atoms with Crippen LogP contribution in [0.1, 0.15) is 18.1 Å². The number of hydrogen-bond acceptors (Lipinski definition) is 0. The van der Waals surface area contributed by atoms with E-state index in [-0.39, 0.29) is 5.82 Å². The van der Waals surface area contributed by atoms with Crippen LogP contribution in [0.15, 0.2) is 12.1 Å². The molecule has 0 saturated heterocycles. The van der Waals surface area contributed by atoms with Crippen molar-refractivity contribution in [1.29, 1.82) is 0 Å². The molecule has 1 aliphatic rings. The normalized spacial score (nSPS) is 21.1. The van der Waals surface area contributed by atoms with Gasteiger partial charge >= 0.3 is 0 Å². The minimum atomic E-state index is -0.215. The Morgan fingerprint density at radius 1 is 1.42 bits per heavy atom. The topological polar surface area (TPSA) is 0 Å². The van der Waals surface area contributed by atoms with Crippen molar-refractivity contribution in [2.24, 2.45) is 5.92 Å². The van der Waals surface area contributed by atoms with Crippen molar-refractivity contribution < 1.29 is 4.39 Å². The molecule has 0 saturated carbocycles. The summed E-state index contributed by atoms with van der Waals surface area (Å²) in [5, 5.41) is 0.592. The Hall–Kier alpha value is -0.560. The second-order valence-corrected chi connectivity index (χ2v) is 3.95. The summed E-state index contributed by atoms with van der Waals surface area (Å²) >= 11 is 5.90. The minimum Gasteiger partial charge on any atom is -0.207 e. The van der Waals surface area contributed by atoms with Crippen molar-refractivity contribution in [2.45, 2.75) is 19.8 Å². The Balaban J connectivity index is 2.52. The predicted octanol–water partition coefficient (Wildman–Crippen LogP) is 3.21. The summed E-state index contributed by atoms with van der Waals surface area (Å²) in [5.74, 6) is 0.396. The highest BCUT2D eigenvalue weighted by Gasteiger charge is 2.20. The molecule has 1 aliphatic carbocycles. The van der Waals surface area contributed by atoms with Crippen molar-refractivity contribution in [2.75, 3.05) is 0 Å². The van der Waals surface area contributed by atoms with Gasteiger partial charge in [0.15, 0.2) is 0 Å². The number of rotatable bonds is 0. The number of halogens is 2. The van der Waals surface area contributed by atoms with Gasteiger partial charge in [0.1, 0.15) is 5.82 Å². The maximum Gasteiger partial charge on any atom is 0.124 e. The van der Waals surface area contributed by atoms with E-state index in [1.165, 1.54) is 6.07 Å². The van der Waals surface area contributed by atoms with E-state index in [1.54, 1.807) is 6.07 Å². The molecule has 0 radical (unpaired) electrons. The molecule has 2 heteroatoms. The van der Waals surface area contributed by atoms with Crippen molar-refractivity contribution >= 4 is 11.6 Å². The molecule has 1 aromatic rings. The molecule has 1 unspecified atom stereocenters.